The number of fused-ring (bicyclic) bond motifs is 1. The van der Waals surface area contributed by atoms with Gasteiger partial charge in [0.1, 0.15) is 6.04 Å². The third kappa shape index (κ3) is 4.15. The molecule has 7 heteroatoms. The molecule has 1 aliphatic carbocycles. The number of carbonyl (C=O) groups excluding carboxylic acids is 3. The second-order valence-electron chi connectivity index (χ2n) is 8.74. The van der Waals surface area contributed by atoms with Crippen molar-refractivity contribution in [2.24, 2.45) is 0 Å². The number of hydrogen-bond donors (Lipinski definition) is 3. The van der Waals surface area contributed by atoms with E-state index in [4.69, 9.17) is 0 Å². The summed E-state index contributed by atoms with van der Waals surface area (Å²) in [6.45, 7) is 4.76. The van der Waals surface area contributed by atoms with E-state index in [0.29, 0.717) is 36.7 Å². The van der Waals surface area contributed by atoms with Crippen molar-refractivity contribution in [3.8, 4) is 0 Å². The highest BCUT2D eigenvalue weighted by atomic mass is 16.2. The predicted octanol–water partition coefficient (Wildman–Crippen LogP) is 2.17. The summed E-state index contributed by atoms with van der Waals surface area (Å²) in [6, 6.07) is 6.56. The summed E-state index contributed by atoms with van der Waals surface area (Å²) in [5.41, 5.74) is 2.61. The van der Waals surface area contributed by atoms with Crippen LogP contribution >= 0.6 is 0 Å². The minimum Gasteiger partial charge on any atom is -0.381 e. The number of nitrogens with zero attached hydrogens (tertiary/aromatic N) is 1. The standard InChI is InChI=1S/C22H30N4O3/c1-13(2)23-17-5-3-4-6-18(17)24-15-7-8-16-14(11-15)12-26(22(16)29)19-9-10-20(27)25-21(19)28/h7-8,11,13,17-19,23-24H,3-6,9-10,12H2,1-2H3,(H,25,27,28)/t17-,18+,19?/m0/s1. The van der Waals surface area contributed by atoms with E-state index in [1.807, 2.05) is 18.2 Å². The summed E-state index contributed by atoms with van der Waals surface area (Å²) in [7, 11) is 0. The first kappa shape index (κ1) is 19.9. The zero-order valence-electron chi connectivity index (χ0n) is 17.2. The molecular formula is C22H30N4O3. The molecule has 2 heterocycles. The molecule has 0 radical (unpaired) electrons. The van der Waals surface area contributed by atoms with Gasteiger partial charge in [-0.15, -0.1) is 0 Å². The Kier molecular flexibility index (Phi) is 5.58. The molecule has 3 aliphatic rings. The molecule has 2 aliphatic heterocycles. The van der Waals surface area contributed by atoms with Gasteiger partial charge in [0, 0.05) is 42.3 Å². The monoisotopic (exact) mass is 398 g/mol. The van der Waals surface area contributed by atoms with Crippen LogP contribution in [0.2, 0.25) is 0 Å². The van der Waals surface area contributed by atoms with Crippen molar-refractivity contribution < 1.29 is 14.4 Å². The minimum atomic E-state index is -0.568. The average molecular weight is 399 g/mol. The molecule has 29 heavy (non-hydrogen) atoms. The largest absolute Gasteiger partial charge is 0.381 e. The number of imide groups is 1. The summed E-state index contributed by atoms with van der Waals surface area (Å²) in [5.74, 6) is -0.762. The zero-order valence-corrected chi connectivity index (χ0v) is 17.2. The molecule has 0 aromatic heterocycles. The van der Waals surface area contributed by atoms with Crippen molar-refractivity contribution in [3.05, 3.63) is 29.3 Å². The summed E-state index contributed by atoms with van der Waals surface area (Å²) < 4.78 is 0. The lowest BCUT2D eigenvalue weighted by molar-refractivity contribution is -0.136. The lowest BCUT2D eigenvalue weighted by atomic mass is 9.89. The highest BCUT2D eigenvalue weighted by Crippen LogP contribution is 2.30. The van der Waals surface area contributed by atoms with Crippen LogP contribution in [-0.2, 0) is 16.1 Å². The molecule has 156 valence electrons. The van der Waals surface area contributed by atoms with Crippen LogP contribution in [0.4, 0.5) is 5.69 Å². The van der Waals surface area contributed by atoms with Crippen molar-refractivity contribution >= 4 is 23.4 Å². The first-order chi connectivity index (χ1) is 13.9. The van der Waals surface area contributed by atoms with Gasteiger partial charge in [-0.3, -0.25) is 19.7 Å². The van der Waals surface area contributed by atoms with Crippen LogP contribution in [0, 0.1) is 0 Å². The highest BCUT2D eigenvalue weighted by molar-refractivity contribution is 6.05. The number of rotatable bonds is 5. The van der Waals surface area contributed by atoms with Crippen molar-refractivity contribution in [3.63, 3.8) is 0 Å². The van der Waals surface area contributed by atoms with Gasteiger partial charge in [0.2, 0.25) is 11.8 Å². The van der Waals surface area contributed by atoms with Crippen molar-refractivity contribution in [1.82, 2.24) is 15.5 Å². The Labute approximate surface area is 171 Å². The molecule has 3 N–H and O–H groups in total. The molecule has 3 amide bonds. The van der Waals surface area contributed by atoms with Gasteiger partial charge >= 0.3 is 0 Å². The number of hydrogen-bond acceptors (Lipinski definition) is 5. The fourth-order valence-electron chi connectivity index (χ4n) is 4.81. The second-order valence-corrected chi connectivity index (χ2v) is 8.74. The Balaban J connectivity index is 1.47. The van der Waals surface area contributed by atoms with E-state index in [9.17, 15) is 14.4 Å². The van der Waals surface area contributed by atoms with Crippen LogP contribution in [0.25, 0.3) is 0 Å². The van der Waals surface area contributed by atoms with E-state index in [-0.39, 0.29) is 24.1 Å². The minimum absolute atomic E-state index is 0.127. The maximum absolute atomic E-state index is 12.8. The second kappa shape index (κ2) is 8.14. The zero-order chi connectivity index (χ0) is 20.5. The van der Waals surface area contributed by atoms with Crippen LogP contribution in [0.1, 0.15) is 68.3 Å². The van der Waals surface area contributed by atoms with Gasteiger partial charge in [0.15, 0.2) is 0 Å². The van der Waals surface area contributed by atoms with Gasteiger partial charge in [-0.1, -0.05) is 26.7 Å². The van der Waals surface area contributed by atoms with E-state index in [2.05, 4.69) is 29.8 Å². The van der Waals surface area contributed by atoms with Gasteiger partial charge in [0.05, 0.1) is 0 Å². The normalized spacial score (nSPS) is 27.2. The molecule has 1 aromatic rings. The van der Waals surface area contributed by atoms with E-state index in [1.165, 1.54) is 19.3 Å². The number of carbonyl (C=O) groups is 3. The summed E-state index contributed by atoms with van der Waals surface area (Å²) in [5, 5.41) is 9.70. The number of benzene rings is 1. The van der Waals surface area contributed by atoms with Crippen LogP contribution in [0.3, 0.4) is 0 Å². The molecule has 1 unspecified atom stereocenters. The van der Waals surface area contributed by atoms with Crippen molar-refractivity contribution in [1.29, 1.82) is 0 Å². The maximum Gasteiger partial charge on any atom is 0.255 e. The smallest absolute Gasteiger partial charge is 0.255 e. The van der Waals surface area contributed by atoms with Crippen molar-refractivity contribution in [2.45, 2.75) is 83.1 Å². The Hall–Kier alpha value is -2.41. The van der Waals surface area contributed by atoms with Gasteiger partial charge in [-0.25, -0.2) is 0 Å². The predicted molar refractivity (Wildman–Crippen MR) is 110 cm³/mol. The Bertz CT molecular complexity index is 822. The first-order valence-electron chi connectivity index (χ1n) is 10.7. The topological polar surface area (TPSA) is 90.5 Å². The molecule has 1 aromatic carbocycles. The summed E-state index contributed by atoms with van der Waals surface area (Å²) in [4.78, 5) is 38.0. The molecule has 7 nitrogen and oxygen atoms in total. The lowest BCUT2D eigenvalue weighted by Crippen LogP contribution is -2.52. The molecule has 0 bridgehead atoms. The maximum atomic E-state index is 12.8. The van der Waals surface area contributed by atoms with Crippen LogP contribution in [0.5, 0.6) is 0 Å². The fraction of sp³-hybridized carbons (Fsp3) is 0.591. The first-order valence-corrected chi connectivity index (χ1v) is 10.7. The van der Waals surface area contributed by atoms with Gasteiger partial charge in [-0.2, -0.15) is 0 Å². The van der Waals surface area contributed by atoms with Gasteiger partial charge in [0.25, 0.3) is 5.91 Å². The number of amides is 3. The van der Waals surface area contributed by atoms with Gasteiger partial charge in [-0.05, 0) is 43.0 Å². The summed E-state index contributed by atoms with van der Waals surface area (Å²) >= 11 is 0. The Morgan fingerprint density at radius 1 is 1.07 bits per heavy atom. The van der Waals surface area contributed by atoms with E-state index in [1.54, 1.807) is 4.90 Å². The molecule has 4 rings (SSSR count). The molecule has 2 fully saturated rings. The number of anilines is 1. The fourth-order valence-corrected chi connectivity index (χ4v) is 4.81. The molecule has 1 saturated carbocycles. The van der Waals surface area contributed by atoms with Gasteiger partial charge < -0.3 is 15.5 Å². The SMILES string of the molecule is CC(C)N[C@H]1CCCC[C@H]1Nc1ccc2c(c1)CN(C1CCC(=O)NC1=O)C2=O. The van der Waals surface area contributed by atoms with Crippen LogP contribution < -0.4 is 16.0 Å². The third-order valence-electron chi connectivity index (χ3n) is 6.19. The number of piperidine rings is 1. The highest BCUT2D eigenvalue weighted by Gasteiger charge is 2.39. The van der Waals surface area contributed by atoms with Crippen molar-refractivity contribution in [2.75, 3.05) is 5.32 Å². The number of nitrogens with one attached hydrogen (secondary N) is 3. The van der Waals surface area contributed by atoms with Crippen LogP contribution in [-0.4, -0.2) is 46.8 Å². The molecular weight excluding hydrogens is 368 g/mol. The molecule has 0 spiro atoms. The molecule has 1 saturated heterocycles. The Morgan fingerprint density at radius 2 is 1.83 bits per heavy atom. The quantitative estimate of drug-likeness (QED) is 0.662. The van der Waals surface area contributed by atoms with Crippen LogP contribution in [0.15, 0.2) is 18.2 Å². The lowest BCUT2D eigenvalue weighted by Gasteiger charge is -2.35. The van der Waals surface area contributed by atoms with E-state index in [0.717, 1.165) is 17.7 Å². The average Bonchev–Trinajstić information content (AvgIpc) is 2.99. The summed E-state index contributed by atoms with van der Waals surface area (Å²) in [6.07, 6.45) is 5.43. The van der Waals surface area contributed by atoms with E-state index >= 15 is 0 Å². The third-order valence-corrected chi connectivity index (χ3v) is 6.19. The Morgan fingerprint density at radius 3 is 2.55 bits per heavy atom. The van der Waals surface area contributed by atoms with E-state index < -0.39 is 6.04 Å². The molecule has 3 atom stereocenters.